The van der Waals surface area contributed by atoms with Gasteiger partial charge in [-0.3, -0.25) is 4.79 Å². The molecule has 1 amide bonds. The van der Waals surface area contributed by atoms with Gasteiger partial charge in [-0.15, -0.1) is 11.3 Å². The SMILES string of the molecule is CCc1sc(C(=O)N2CCC[C@H]2c2nc3ccccc3[nH]2)cc1C. The number of nitrogens with one attached hydrogen (secondary N) is 1. The van der Waals surface area contributed by atoms with E-state index in [0.29, 0.717) is 0 Å². The van der Waals surface area contributed by atoms with E-state index >= 15 is 0 Å². The third-order valence-corrected chi connectivity index (χ3v) is 6.16. The molecule has 1 N–H and O–H groups in total. The Morgan fingerprint density at radius 1 is 1.42 bits per heavy atom. The first-order valence-corrected chi connectivity index (χ1v) is 9.34. The Hall–Kier alpha value is -2.14. The Morgan fingerprint density at radius 3 is 3.00 bits per heavy atom. The van der Waals surface area contributed by atoms with Crippen molar-refractivity contribution >= 4 is 28.3 Å². The Kier molecular flexibility index (Phi) is 3.88. The van der Waals surface area contributed by atoms with Crippen molar-refractivity contribution in [2.75, 3.05) is 6.54 Å². The number of para-hydroxylation sites is 2. The second-order valence-electron chi connectivity index (χ2n) is 6.37. The van der Waals surface area contributed by atoms with E-state index < -0.39 is 0 Å². The van der Waals surface area contributed by atoms with Crippen molar-refractivity contribution in [3.05, 3.63) is 51.5 Å². The van der Waals surface area contributed by atoms with Crippen LogP contribution >= 0.6 is 11.3 Å². The number of rotatable bonds is 3. The van der Waals surface area contributed by atoms with Crippen molar-refractivity contribution in [1.82, 2.24) is 14.9 Å². The molecule has 24 heavy (non-hydrogen) atoms. The number of carbonyl (C=O) groups excluding carboxylic acids is 1. The zero-order valence-corrected chi connectivity index (χ0v) is 14.8. The molecule has 124 valence electrons. The largest absolute Gasteiger partial charge is 0.340 e. The number of imidazole rings is 1. The van der Waals surface area contributed by atoms with Crippen LogP contribution in [0.4, 0.5) is 0 Å². The van der Waals surface area contributed by atoms with Gasteiger partial charge < -0.3 is 9.88 Å². The molecule has 1 aromatic carbocycles. The van der Waals surface area contributed by atoms with Crippen molar-refractivity contribution in [1.29, 1.82) is 0 Å². The summed E-state index contributed by atoms with van der Waals surface area (Å²) in [6.07, 6.45) is 2.98. The highest BCUT2D eigenvalue weighted by Gasteiger charge is 2.33. The Bertz CT molecular complexity index is 862. The number of H-pyrrole nitrogens is 1. The van der Waals surface area contributed by atoms with E-state index in [2.05, 4.69) is 18.8 Å². The van der Waals surface area contributed by atoms with Gasteiger partial charge in [0.1, 0.15) is 5.82 Å². The number of nitrogens with zero attached hydrogens (tertiary/aromatic N) is 2. The average Bonchev–Trinajstić information content (AvgIpc) is 3.30. The number of aromatic nitrogens is 2. The highest BCUT2D eigenvalue weighted by molar-refractivity contribution is 7.14. The predicted molar refractivity (Wildman–Crippen MR) is 97.5 cm³/mol. The van der Waals surface area contributed by atoms with Gasteiger partial charge in [0.2, 0.25) is 0 Å². The lowest BCUT2D eigenvalue weighted by atomic mass is 10.2. The number of fused-ring (bicyclic) bond motifs is 1. The van der Waals surface area contributed by atoms with E-state index in [0.717, 1.165) is 47.5 Å². The molecule has 3 heterocycles. The number of aryl methyl sites for hydroxylation is 2. The Morgan fingerprint density at radius 2 is 2.25 bits per heavy atom. The minimum Gasteiger partial charge on any atom is -0.340 e. The number of aromatic amines is 1. The summed E-state index contributed by atoms with van der Waals surface area (Å²) in [6, 6.07) is 10.1. The molecule has 0 radical (unpaired) electrons. The maximum Gasteiger partial charge on any atom is 0.264 e. The fraction of sp³-hybridized carbons (Fsp3) is 0.368. The third kappa shape index (κ3) is 2.53. The van der Waals surface area contributed by atoms with Gasteiger partial charge in [0, 0.05) is 11.4 Å². The topological polar surface area (TPSA) is 49.0 Å². The number of hydrogen-bond donors (Lipinski definition) is 1. The summed E-state index contributed by atoms with van der Waals surface area (Å²) in [5.41, 5.74) is 3.23. The minimum atomic E-state index is 0.0531. The molecule has 0 unspecified atom stereocenters. The molecule has 0 saturated carbocycles. The molecule has 3 aromatic rings. The van der Waals surface area contributed by atoms with Crippen LogP contribution in [0.2, 0.25) is 0 Å². The summed E-state index contributed by atoms with van der Waals surface area (Å²) in [5.74, 6) is 1.05. The zero-order chi connectivity index (χ0) is 16.7. The zero-order valence-electron chi connectivity index (χ0n) is 14.0. The Labute approximate surface area is 145 Å². The summed E-state index contributed by atoms with van der Waals surface area (Å²) in [7, 11) is 0. The second-order valence-corrected chi connectivity index (χ2v) is 7.50. The average molecular weight is 339 g/mol. The molecule has 5 heteroatoms. The summed E-state index contributed by atoms with van der Waals surface area (Å²) in [4.78, 5) is 25.3. The molecule has 0 aliphatic carbocycles. The van der Waals surface area contributed by atoms with E-state index in [9.17, 15) is 4.79 Å². The normalized spacial score (nSPS) is 17.8. The van der Waals surface area contributed by atoms with Gasteiger partial charge in [0.05, 0.1) is 22.0 Å². The van der Waals surface area contributed by atoms with Crippen LogP contribution in [0.3, 0.4) is 0 Å². The standard InChI is InChI=1S/C19H21N3OS/c1-3-16-12(2)11-17(24-16)19(23)22-10-6-9-15(22)18-20-13-7-4-5-8-14(13)21-18/h4-5,7-8,11,15H,3,6,9-10H2,1-2H3,(H,20,21)/t15-/m0/s1. The van der Waals surface area contributed by atoms with Crippen LogP contribution < -0.4 is 0 Å². The van der Waals surface area contributed by atoms with Crippen LogP contribution in [0.1, 0.15) is 51.7 Å². The summed E-state index contributed by atoms with van der Waals surface area (Å²) < 4.78 is 0. The van der Waals surface area contributed by atoms with Gasteiger partial charge >= 0.3 is 0 Å². The van der Waals surface area contributed by atoms with Gasteiger partial charge in [-0.05, 0) is 49.9 Å². The van der Waals surface area contributed by atoms with Crippen molar-refractivity contribution < 1.29 is 4.79 Å². The fourth-order valence-corrected chi connectivity index (χ4v) is 4.61. The van der Waals surface area contributed by atoms with Gasteiger partial charge in [0.15, 0.2) is 0 Å². The lowest BCUT2D eigenvalue weighted by molar-refractivity contribution is 0.0735. The second kappa shape index (κ2) is 6.06. The highest BCUT2D eigenvalue weighted by atomic mass is 32.1. The van der Waals surface area contributed by atoms with Gasteiger partial charge in [-0.1, -0.05) is 19.1 Å². The van der Waals surface area contributed by atoms with Crippen molar-refractivity contribution in [3.8, 4) is 0 Å². The molecule has 1 aliphatic rings. The first-order valence-electron chi connectivity index (χ1n) is 8.52. The van der Waals surface area contributed by atoms with Crippen molar-refractivity contribution in [2.45, 2.75) is 39.2 Å². The maximum absolute atomic E-state index is 13.0. The van der Waals surface area contributed by atoms with Crippen LogP contribution in [-0.4, -0.2) is 27.3 Å². The van der Waals surface area contributed by atoms with E-state index in [1.807, 2.05) is 35.2 Å². The lowest BCUT2D eigenvalue weighted by Gasteiger charge is -2.22. The smallest absolute Gasteiger partial charge is 0.264 e. The van der Waals surface area contributed by atoms with Gasteiger partial charge in [-0.25, -0.2) is 4.98 Å². The molecular formula is C19H21N3OS. The van der Waals surface area contributed by atoms with Crippen molar-refractivity contribution in [2.24, 2.45) is 0 Å². The van der Waals surface area contributed by atoms with Crippen LogP contribution in [0.15, 0.2) is 30.3 Å². The molecule has 4 rings (SSSR count). The van der Waals surface area contributed by atoms with E-state index in [1.165, 1.54) is 10.4 Å². The van der Waals surface area contributed by atoms with E-state index in [-0.39, 0.29) is 11.9 Å². The number of amides is 1. The summed E-state index contributed by atoms with van der Waals surface area (Å²) in [5, 5.41) is 0. The van der Waals surface area contributed by atoms with Crippen LogP contribution in [0.5, 0.6) is 0 Å². The molecule has 0 bridgehead atoms. The molecule has 1 aliphatic heterocycles. The number of hydrogen-bond acceptors (Lipinski definition) is 3. The number of likely N-dealkylation sites (tertiary alicyclic amines) is 1. The third-order valence-electron chi connectivity index (χ3n) is 4.79. The molecule has 2 aromatic heterocycles. The molecule has 1 atom stereocenters. The molecule has 1 fully saturated rings. The quantitative estimate of drug-likeness (QED) is 0.765. The molecule has 1 saturated heterocycles. The van der Waals surface area contributed by atoms with Gasteiger partial charge in [-0.2, -0.15) is 0 Å². The molecule has 0 spiro atoms. The fourth-order valence-electron chi connectivity index (χ4n) is 3.54. The van der Waals surface area contributed by atoms with Crippen LogP contribution in [0, 0.1) is 6.92 Å². The van der Waals surface area contributed by atoms with Crippen LogP contribution in [-0.2, 0) is 6.42 Å². The Balaban J connectivity index is 1.65. The van der Waals surface area contributed by atoms with Crippen LogP contribution in [0.25, 0.3) is 11.0 Å². The monoisotopic (exact) mass is 339 g/mol. The predicted octanol–water partition coefficient (Wildman–Crippen LogP) is 4.47. The number of benzene rings is 1. The van der Waals surface area contributed by atoms with E-state index in [1.54, 1.807) is 11.3 Å². The lowest BCUT2D eigenvalue weighted by Crippen LogP contribution is -2.30. The first-order chi connectivity index (χ1) is 11.7. The molecular weight excluding hydrogens is 318 g/mol. The minimum absolute atomic E-state index is 0.0531. The van der Waals surface area contributed by atoms with E-state index in [4.69, 9.17) is 4.98 Å². The first kappa shape index (κ1) is 15.4. The number of thiophene rings is 1. The molecule has 4 nitrogen and oxygen atoms in total. The highest BCUT2D eigenvalue weighted by Crippen LogP contribution is 2.34. The summed E-state index contributed by atoms with van der Waals surface area (Å²) in [6.45, 7) is 5.03. The summed E-state index contributed by atoms with van der Waals surface area (Å²) >= 11 is 1.63. The number of carbonyl (C=O) groups is 1. The van der Waals surface area contributed by atoms with Gasteiger partial charge in [0.25, 0.3) is 5.91 Å². The maximum atomic E-state index is 13.0. The van der Waals surface area contributed by atoms with Crippen molar-refractivity contribution in [3.63, 3.8) is 0 Å².